The Bertz CT molecular complexity index is 1050. The molecule has 3 unspecified atom stereocenters. The van der Waals surface area contributed by atoms with Gasteiger partial charge in [-0.05, 0) is 31.0 Å². The fourth-order valence-corrected chi connectivity index (χ4v) is 6.04. The van der Waals surface area contributed by atoms with Gasteiger partial charge >= 0.3 is 5.97 Å². The minimum absolute atomic E-state index is 0.0144. The average molecular weight is 459 g/mol. The molecule has 2 aromatic rings. The number of benzene rings is 2. The second-order valence-corrected chi connectivity index (χ2v) is 9.08. The summed E-state index contributed by atoms with van der Waals surface area (Å²) in [5.41, 5.74) is 0.723. The topological polar surface area (TPSA) is 99.1 Å². The molecule has 1 aliphatic heterocycles. The maximum atomic E-state index is 12.9. The van der Waals surface area contributed by atoms with E-state index in [1.54, 1.807) is 24.3 Å². The standard InChI is InChI=1S/C19H16Cl2O7S/c20-11-4-2-5-12(21)19(11)29(24,25)28-14-8-7-13-17(14)10-3-1-6-15(18(10)27-13)26-9-16(22)23/h1-6,13-14,17H,7-9H2,(H,22,23). The van der Waals surface area contributed by atoms with Gasteiger partial charge in [-0.2, -0.15) is 8.42 Å². The lowest BCUT2D eigenvalue weighted by Crippen LogP contribution is -2.24. The minimum atomic E-state index is -4.21. The summed E-state index contributed by atoms with van der Waals surface area (Å²) in [7, 11) is -4.21. The Morgan fingerprint density at radius 3 is 2.52 bits per heavy atom. The maximum Gasteiger partial charge on any atom is 0.341 e. The van der Waals surface area contributed by atoms with E-state index in [0.29, 0.717) is 24.3 Å². The number of hydrogen-bond acceptors (Lipinski definition) is 6. The minimum Gasteiger partial charge on any atom is -0.485 e. The van der Waals surface area contributed by atoms with E-state index in [1.165, 1.54) is 12.1 Å². The Hall–Kier alpha value is -2.00. The molecule has 0 radical (unpaired) electrons. The molecule has 29 heavy (non-hydrogen) atoms. The Morgan fingerprint density at radius 2 is 1.83 bits per heavy atom. The van der Waals surface area contributed by atoms with Gasteiger partial charge in [0, 0.05) is 5.56 Å². The molecule has 1 fully saturated rings. The van der Waals surface area contributed by atoms with E-state index in [-0.39, 0.29) is 27.0 Å². The second kappa shape index (κ2) is 7.68. The first-order valence-corrected chi connectivity index (χ1v) is 11.0. The van der Waals surface area contributed by atoms with Crippen molar-refractivity contribution in [1.29, 1.82) is 0 Å². The molecule has 0 bridgehead atoms. The fourth-order valence-electron chi connectivity index (χ4n) is 3.83. The van der Waals surface area contributed by atoms with Crippen molar-refractivity contribution in [2.45, 2.75) is 35.9 Å². The van der Waals surface area contributed by atoms with Crippen LogP contribution in [0.1, 0.15) is 24.3 Å². The molecule has 0 aromatic heterocycles. The van der Waals surface area contributed by atoms with Crippen molar-refractivity contribution in [3.8, 4) is 11.5 Å². The van der Waals surface area contributed by atoms with Crippen LogP contribution in [0.25, 0.3) is 0 Å². The van der Waals surface area contributed by atoms with E-state index >= 15 is 0 Å². The summed E-state index contributed by atoms with van der Waals surface area (Å²) in [5.74, 6) is -0.723. The van der Waals surface area contributed by atoms with Crippen molar-refractivity contribution in [3.63, 3.8) is 0 Å². The zero-order valence-corrected chi connectivity index (χ0v) is 17.2. The summed E-state index contributed by atoms with van der Waals surface area (Å²) < 4.78 is 42.5. The normalized spacial score (nSPS) is 22.6. The van der Waals surface area contributed by atoms with Crippen LogP contribution < -0.4 is 9.47 Å². The Morgan fingerprint density at radius 1 is 1.14 bits per heavy atom. The molecule has 154 valence electrons. The highest BCUT2D eigenvalue weighted by Gasteiger charge is 2.48. The molecule has 3 atom stereocenters. The van der Waals surface area contributed by atoms with E-state index in [0.717, 1.165) is 5.56 Å². The quantitative estimate of drug-likeness (QED) is 0.655. The van der Waals surface area contributed by atoms with Crippen LogP contribution in [0.5, 0.6) is 11.5 Å². The Kier molecular flexibility index (Phi) is 5.37. The van der Waals surface area contributed by atoms with E-state index < -0.39 is 28.8 Å². The molecule has 0 amide bonds. The third kappa shape index (κ3) is 3.77. The van der Waals surface area contributed by atoms with E-state index in [4.69, 9.17) is 42.0 Å². The third-order valence-corrected chi connectivity index (χ3v) is 7.24. The van der Waals surface area contributed by atoms with Gasteiger partial charge in [0.05, 0.1) is 22.1 Å². The zero-order valence-electron chi connectivity index (χ0n) is 14.9. The van der Waals surface area contributed by atoms with Gasteiger partial charge in [0.15, 0.2) is 18.1 Å². The fraction of sp³-hybridized carbons (Fsp3) is 0.316. The highest BCUT2D eigenvalue weighted by atomic mass is 35.5. The summed E-state index contributed by atoms with van der Waals surface area (Å²) in [6, 6.07) is 9.53. The Labute approximate surface area is 177 Å². The number of halogens is 2. The molecule has 7 nitrogen and oxygen atoms in total. The van der Waals surface area contributed by atoms with Gasteiger partial charge in [-0.3, -0.25) is 4.18 Å². The molecule has 0 saturated heterocycles. The molecule has 2 aromatic carbocycles. The van der Waals surface area contributed by atoms with Crippen LogP contribution in [0, 0.1) is 0 Å². The van der Waals surface area contributed by atoms with E-state index in [9.17, 15) is 13.2 Å². The van der Waals surface area contributed by atoms with Crippen molar-refractivity contribution in [2.75, 3.05) is 6.61 Å². The molecule has 2 aliphatic rings. The number of ether oxygens (including phenoxy) is 2. The van der Waals surface area contributed by atoms with Crippen molar-refractivity contribution < 1.29 is 32.0 Å². The smallest absolute Gasteiger partial charge is 0.341 e. The lowest BCUT2D eigenvalue weighted by molar-refractivity contribution is -0.139. The van der Waals surface area contributed by atoms with Gasteiger partial charge in [0.25, 0.3) is 10.1 Å². The first kappa shape index (κ1) is 20.3. The number of rotatable bonds is 6. The number of carboxylic acids is 1. The van der Waals surface area contributed by atoms with Crippen LogP contribution >= 0.6 is 23.2 Å². The molecule has 1 N–H and O–H groups in total. The number of carbonyl (C=O) groups is 1. The molecule has 1 aliphatic carbocycles. The van der Waals surface area contributed by atoms with Gasteiger partial charge < -0.3 is 14.6 Å². The van der Waals surface area contributed by atoms with Crippen LogP contribution in [0.2, 0.25) is 10.0 Å². The summed E-state index contributed by atoms with van der Waals surface area (Å²) >= 11 is 12.1. The van der Waals surface area contributed by atoms with Crippen LogP contribution in [-0.2, 0) is 19.1 Å². The molecule has 0 spiro atoms. The monoisotopic (exact) mass is 458 g/mol. The first-order chi connectivity index (χ1) is 13.8. The van der Waals surface area contributed by atoms with Gasteiger partial charge in [-0.25, -0.2) is 4.79 Å². The van der Waals surface area contributed by atoms with E-state index in [2.05, 4.69) is 0 Å². The lowest BCUT2D eigenvalue weighted by atomic mass is 9.95. The maximum absolute atomic E-state index is 12.9. The summed E-state index contributed by atoms with van der Waals surface area (Å²) in [4.78, 5) is 10.5. The molecule has 10 heteroatoms. The molecule has 1 saturated carbocycles. The molecule has 1 heterocycles. The van der Waals surface area contributed by atoms with Crippen molar-refractivity contribution in [1.82, 2.24) is 0 Å². The van der Waals surface area contributed by atoms with Gasteiger partial charge in [0.2, 0.25) is 0 Å². The van der Waals surface area contributed by atoms with Crippen molar-refractivity contribution in [3.05, 3.63) is 52.0 Å². The first-order valence-electron chi connectivity index (χ1n) is 8.79. The summed E-state index contributed by atoms with van der Waals surface area (Å²) in [6.45, 7) is -0.505. The number of hydrogen-bond donors (Lipinski definition) is 1. The van der Waals surface area contributed by atoms with Crippen LogP contribution in [-0.4, -0.2) is 38.3 Å². The third-order valence-electron chi connectivity index (χ3n) is 4.94. The molecule has 4 rings (SSSR count). The van der Waals surface area contributed by atoms with Crippen LogP contribution in [0.4, 0.5) is 0 Å². The predicted octanol–water partition coefficient (Wildman–Crippen LogP) is 3.87. The number of para-hydroxylation sites is 1. The van der Waals surface area contributed by atoms with Crippen molar-refractivity contribution in [2.24, 2.45) is 0 Å². The van der Waals surface area contributed by atoms with Gasteiger partial charge in [-0.1, -0.05) is 41.4 Å². The lowest BCUT2D eigenvalue weighted by Gasteiger charge is -2.19. The second-order valence-electron chi connectivity index (χ2n) is 6.76. The molecular weight excluding hydrogens is 443 g/mol. The highest BCUT2D eigenvalue weighted by molar-refractivity contribution is 7.87. The largest absolute Gasteiger partial charge is 0.485 e. The average Bonchev–Trinajstić information content (AvgIpc) is 3.19. The highest BCUT2D eigenvalue weighted by Crippen LogP contribution is 2.52. The zero-order chi connectivity index (χ0) is 20.8. The number of carboxylic acid groups (broad SMARTS) is 1. The van der Waals surface area contributed by atoms with Gasteiger partial charge in [0.1, 0.15) is 11.0 Å². The summed E-state index contributed by atoms with van der Waals surface area (Å²) in [5, 5.41) is 8.80. The number of fused-ring (bicyclic) bond motifs is 3. The van der Waals surface area contributed by atoms with Crippen molar-refractivity contribution >= 4 is 39.3 Å². The van der Waals surface area contributed by atoms with Crippen LogP contribution in [0.15, 0.2) is 41.3 Å². The van der Waals surface area contributed by atoms with E-state index in [1.807, 2.05) is 0 Å². The summed E-state index contributed by atoms with van der Waals surface area (Å²) in [6.07, 6.45) is 0.0829. The van der Waals surface area contributed by atoms with Gasteiger partial charge in [-0.15, -0.1) is 0 Å². The predicted molar refractivity (Wildman–Crippen MR) is 104 cm³/mol. The Balaban J connectivity index is 1.62. The number of aliphatic carboxylic acids is 1. The SMILES string of the molecule is O=C(O)COc1cccc2c1OC1CCC(OS(=O)(=O)c3c(Cl)cccc3Cl)C21. The van der Waals surface area contributed by atoms with Crippen LogP contribution in [0.3, 0.4) is 0 Å². The molecular formula is C19H16Cl2O7S.